The van der Waals surface area contributed by atoms with Gasteiger partial charge in [0.15, 0.2) is 5.79 Å². The molecule has 2 aliphatic heterocycles. The maximum Gasteiger partial charge on any atom is 0.411 e. The fourth-order valence-electron chi connectivity index (χ4n) is 3.46. The smallest absolute Gasteiger partial charge is 0.411 e. The fraction of sp³-hybridized carbons (Fsp3) is 0.556. The molecule has 140 valence electrons. The van der Waals surface area contributed by atoms with E-state index in [9.17, 15) is 4.79 Å². The van der Waals surface area contributed by atoms with E-state index in [2.05, 4.69) is 25.9 Å². The molecule has 2 aliphatic rings. The summed E-state index contributed by atoms with van der Waals surface area (Å²) in [5.41, 5.74) is 1.18. The summed E-state index contributed by atoms with van der Waals surface area (Å²) < 4.78 is 18.2. The van der Waals surface area contributed by atoms with E-state index in [1.807, 2.05) is 39.0 Å². The van der Waals surface area contributed by atoms with Crippen molar-refractivity contribution in [2.75, 3.05) is 19.8 Å². The molecule has 2 aromatic rings. The van der Waals surface area contributed by atoms with Gasteiger partial charge in [0, 0.05) is 10.9 Å². The molecule has 0 bridgehead atoms. The summed E-state index contributed by atoms with van der Waals surface area (Å²) in [5, 5.41) is 0. The quantitative estimate of drug-likeness (QED) is 0.755. The van der Waals surface area contributed by atoms with Crippen LogP contribution in [0.3, 0.4) is 0 Å². The Morgan fingerprint density at radius 2 is 2.12 bits per heavy atom. The van der Waals surface area contributed by atoms with Gasteiger partial charge in [-0.25, -0.2) is 9.78 Å². The summed E-state index contributed by atoms with van der Waals surface area (Å²) in [6.45, 7) is 6.95. The number of benzene rings is 1. The summed E-state index contributed by atoms with van der Waals surface area (Å²) in [6, 6.07) is 5.55. The molecule has 2 fully saturated rings. The molecule has 7 nitrogen and oxygen atoms in total. The number of aromatic nitrogens is 2. The first-order chi connectivity index (χ1) is 12.2. The summed E-state index contributed by atoms with van der Waals surface area (Å²) in [4.78, 5) is 22.5. The first-order valence-electron chi connectivity index (χ1n) is 8.67. The number of imidazole rings is 1. The minimum atomic E-state index is -0.777. The molecule has 0 saturated carbocycles. The lowest BCUT2D eigenvalue weighted by atomic mass is 10.1. The van der Waals surface area contributed by atoms with Crippen LogP contribution < -0.4 is 0 Å². The number of carbonyl (C=O) groups excluding carboxylic acids is 1. The Balaban J connectivity index is 1.68. The van der Waals surface area contributed by atoms with Crippen LogP contribution in [0.25, 0.3) is 11.0 Å². The molecule has 0 radical (unpaired) electrons. The van der Waals surface area contributed by atoms with Crippen LogP contribution in [-0.2, 0) is 14.2 Å². The normalized spacial score (nSPS) is 22.5. The standard InChI is InChI=1S/C18H22BrN3O4/c1-17(2,3)26-16(23)22-10-18(24-6-7-25-18)9-14(22)15-20-12-5-4-11(19)8-13(12)21-15/h4-5,8,14H,6-7,9-10H2,1-3H3,(H,20,21)/t14-/m0/s1. The Bertz CT molecular complexity index is 839. The minimum Gasteiger partial charge on any atom is -0.444 e. The Labute approximate surface area is 160 Å². The van der Waals surface area contributed by atoms with Crippen molar-refractivity contribution in [2.24, 2.45) is 0 Å². The molecule has 2 saturated heterocycles. The van der Waals surface area contributed by atoms with Gasteiger partial charge in [0.05, 0.1) is 36.8 Å². The van der Waals surface area contributed by atoms with E-state index < -0.39 is 11.4 Å². The van der Waals surface area contributed by atoms with E-state index in [1.54, 1.807) is 4.90 Å². The zero-order valence-corrected chi connectivity index (χ0v) is 16.6. The predicted octanol–water partition coefficient (Wildman–Crippen LogP) is 3.75. The lowest BCUT2D eigenvalue weighted by molar-refractivity contribution is -0.145. The van der Waals surface area contributed by atoms with Crippen molar-refractivity contribution < 1.29 is 19.0 Å². The van der Waals surface area contributed by atoms with Crippen LogP contribution in [0.15, 0.2) is 22.7 Å². The number of hydrogen-bond acceptors (Lipinski definition) is 5. The van der Waals surface area contributed by atoms with Gasteiger partial charge in [-0.15, -0.1) is 0 Å². The Kier molecular flexibility index (Phi) is 4.24. The molecule has 1 aromatic carbocycles. The van der Waals surface area contributed by atoms with Crippen molar-refractivity contribution in [3.05, 3.63) is 28.5 Å². The highest BCUT2D eigenvalue weighted by Gasteiger charge is 2.52. The SMILES string of the molecule is CC(C)(C)OC(=O)N1CC2(C[C@H]1c1nc3ccc(Br)cc3[nH]1)OCCO2. The van der Waals surface area contributed by atoms with Crippen LogP contribution in [0.5, 0.6) is 0 Å². The van der Waals surface area contributed by atoms with E-state index in [-0.39, 0.29) is 12.1 Å². The number of nitrogens with zero attached hydrogens (tertiary/aromatic N) is 2. The van der Waals surface area contributed by atoms with Crippen molar-refractivity contribution in [2.45, 2.75) is 44.6 Å². The monoisotopic (exact) mass is 423 g/mol. The number of aromatic amines is 1. The van der Waals surface area contributed by atoms with Gasteiger partial charge in [-0.05, 0) is 39.0 Å². The number of nitrogens with one attached hydrogen (secondary N) is 1. The van der Waals surface area contributed by atoms with Gasteiger partial charge in [-0.3, -0.25) is 4.90 Å². The third-order valence-electron chi connectivity index (χ3n) is 4.51. The van der Waals surface area contributed by atoms with Gasteiger partial charge in [0.1, 0.15) is 11.4 Å². The largest absolute Gasteiger partial charge is 0.444 e. The van der Waals surface area contributed by atoms with Crippen LogP contribution in [0.4, 0.5) is 4.79 Å². The second kappa shape index (κ2) is 6.21. The average Bonchev–Trinajstić information content (AvgIpc) is 3.24. The van der Waals surface area contributed by atoms with Gasteiger partial charge >= 0.3 is 6.09 Å². The van der Waals surface area contributed by atoms with Crippen molar-refractivity contribution in [1.82, 2.24) is 14.9 Å². The van der Waals surface area contributed by atoms with Gasteiger partial charge in [0.25, 0.3) is 0 Å². The summed E-state index contributed by atoms with van der Waals surface area (Å²) >= 11 is 3.47. The van der Waals surface area contributed by atoms with Crippen LogP contribution in [-0.4, -0.2) is 52.1 Å². The molecule has 1 amide bonds. The highest BCUT2D eigenvalue weighted by atomic mass is 79.9. The molecule has 8 heteroatoms. The molecule has 4 rings (SSSR count). The highest BCUT2D eigenvalue weighted by Crippen LogP contribution is 2.42. The second-order valence-electron chi connectivity index (χ2n) is 7.72. The van der Waals surface area contributed by atoms with Crippen LogP contribution >= 0.6 is 15.9 Å². The highest BCUT2D eigenvalue weighted by molar-refractivity contribution is 9.10. The Hall–Kier alpha value is -1.64. The molecule has 1 atom stereocenters. The molecule has 3 heterocycles. The van der Waals surface area contributed by atoms with Crippen LogP contribution in [0, 0.1) is 0 Å². The van der Waals surface area contributed by atoms with E-state index in [0.717, 1.165) is 15.5 Å². The zero-order chi connectivity index (χ0) is 18.5. The molecule has 1 spiro atoms. The van der Waals surface area contributed by atoms with Crippen molar-refractivity contribution >= 4 is 33.1 Å². The molecule has 0 unspecified atom stereocenters. The number of ether oxygens (including phenoxy) is 3. The average molecular weight is 424 g/mol. The molecule has 0 aliphatic carbocycles. The molecule has 1 N–H and O–H groups in total. The van der Waals surface area contributed by atoms with E-state index in [1.165, 1.54) is 0 Å². The number of likely N-dealkylation sites (tertiary alicyclic amines) is 1. The van der Waals surface area contributed by atoms with Crippen molar-refractivity contribution in [3.63, 3.8) is 0 Å². The number of halogens is 1. The topological polar surface area (TPSA) is 76.7 Å². The van der Waals surface area contributed by atoms with Gasteiger partial charge in [-0.2, -0.15) is 0 Å². The number of rotatable bonds is 1. The van der Waals surface area contributed by atoms with E-state index >= 15 is 0 Å². The number of carbonyl (C=O) groups is 1. The first-order valence-corrected chi connectivity index (χ1v) is 9.47. The van der Waals surface area contributed by atoms with Gasteiger partial charge < -0.3 is 19.2 Å². The van der Waals surface area contributed by atoms with Crippen molar-refractivity contribution in [1.29, 1.82) is 0 Å². The lowest BCUT2D eigenvalue weighted by Crippen LogP contribution is -2.40. The first kappa shape index (κ1) is 17.8. The maximum atomic E-state index is 12.8. The van der Waals surface area contributed by atoms with Gasteiger partial charge in [0.2, 0.25) is 0 Å². The summed E-state index contributed by atoms with van der Waals surface area (Å²) in [5.74, 6) is -0.0684. The third kappa shape index (κ3) is 3.33. The third-order valence-corrected chi connectivity index (χ3v) is 5.00. The summed E-state index contributed by atoms with van der Waals surface area (Å²) in [7, 11) is 0. The van der Waals surface area contributed by atoms with Crippen LogP contribution in [0.1, 0.15) is 39.1 Å². The fourth-order valence-corrected chi connectivity index (χ4v) is 3.82. The number of H-pyrrole nitrogens is 1. The molecular weight excluding hydrogens is 402 g/mol. The van der Waals surface area contributed by atoms with Gasteiger partial charge in [-0.1, -0.05) is 15.9 Å². The Morgan fingerprint density at radius 1 is 1.38 bits per heavy atom. The Morgan fingerprint density at radius 3 is 2.81 bits per heavy atom. The number of amides is 1. The molecule has 26 heavy (non-hydrogen) atoms. The number of fused-ring (bicyclic) bond motifs is 1. The zero-order valence-electron chi connectivity index (χ0n) is 15.0. The predicted molar refractivity (Wildman–Crippen MR) is 98.7 cm³/mol. The molecular formula is C18H22BrN3O4. The lowest BCUT2D eigenvalue weighted by Gasteiger charge is -2.27. The molecule has 1 aromatic heterocycles. The van der Waals surface area contributed by atoms with E-state index in [0.29, 0.717) is 32.0 Å². The van der Waals surface area contributed by atoms with Crippen molar-refractivity contribution in [3.8, 4) is 0 Å². The second-order valence-corrected chi connectivity index (χ2v) is 8.63. The van der Waals surface area contributed by atoms with Crippen LogP contribution in [0.2, 0.25) is 0 Å². The number of hydrogen-bond donors (Lipinski definition) is 1. The maximum absolute atomic E-state index is 12.8. The summed E-state index contributed by atoms with van der Waals surface area (Å²) in [6.07, 6.45) is 0.132. The van der Waals surface area contributed by atoms with E-state index in [4.69, 9.17) is 14.2 Å². The minimum absolute atomic E-state index is 0.297.